The highest BCUT2D eigenvalue weighted by Gasteiger charge is 2.48. The van der Waals surface area contributed by atoms with Gasteiger partial charge in [0.25, 0.3) is 0 Å². The number of carbonyl (C=O) groups excluding carboxylic acids is 1. The van der Waals surface area contributed by atoms with Crippen molar-refractivity contribution in [3.05, 3.63) is 35.9 Å². The zero-order chi connectivity index (χ0) is 15.5. The van der Waals surface area contributed by atoms with Crippen LogP contribution >= 0.6 is 12.4 Å². The molecule has 0 saturated carbocycles. The van der Waals surface area contributed by atoms with Gasteiger partial charge in [-0.25, -0.2) is 4.79 Å². The lowest BCUT2D eigenvalue weighted by Crippen LogP contribution is -2.56. The third-order valence-electron chi connectivity index (χ3n) is 3.44. The molecule has 1 aliphatic heterocycles. The molecule has 124 valence electrons. The van der Waals surface area contributed by atoms with Crippen molar-refractivity contribution < 1.29 is 22.7 Å². The lowest BCUT2D eigenvalue weighted by atomic mass is 9.99. The highest BCUT2D eigenvalue weighted by Crippen LogP contribution is 2.32. The molecule has 2 atom stereocenters. The largest absolute Gasteiger partial charge is 0.445 e. The van der Waals surface area contributed by atoms with Crippen molar-refractivity contribution >= 4 is 18.5 Å². The Morgan fingerprint density at radius 1 is 1.27 bits per heavy atom. The van der Waals surface area contributed by atoms with Crippen molar-refractivity contribution in [3.8, 4) is 0 Å². The smallest absolute Gasteiger partial charge is 0.410 e. The van der Waals surface area contributed by atoms with Crippen LogP contribution in [0.3, 0.4) is 0 Å². The Balaban J connectivity index is 0.00000242. The first-order valence-electron chi connectivity index (χ1n) is 6.67. The number of hydrogen-bond acceptors (Lipinski definition) is 3. The summed E-state index contributed by atoms with van der Waals surface area (Å²) in [5.74, 6) is 0. The molecule has 1 fully saturated rings. The fourth-order valence-corrected chi connectivity index (χ4v) is 2.34. The first kappa shape index (κ1) is 18.6. The van der Waals surface area contributed by atoms with Crippen LogP contribution in [0.15, 0.2) is 30.3 Å². The van der Waals surface area contributed by atoms with E-state index in [9.17, 15) is 18.0 Å². The standard InChI is InChI=1S/C14H17F3N2O2.ClH/c15-14(16,17)12-7-6-11(18)8-19(12)13(20)21-9-10-4-2-1-3-5-10;/h1-5,11-12H,6-9,18H2;1H/t11-,12-;/m0./s1. The van der Waals surface area contributed by atoms with Crippen LogP contribution in [0.2, 0.25) is 0 Å². The molecule has 22 heavy (non-hydrogen) atoms. The number of likely N-dealkylation sites (tertiary alicyclic amines) is 1. The highest BCUT2D eigenvalue weighted by atomic mass is 35.5. The number of benzene rings is 1. The number of ether oxygens (including phenoxy) is 1. The van der Waals surface area contributed by atoms with Gasteiger partial charge in [0.15, 0.2) is 0 Å². The van der Waals surface area contributed by atoms with E-state index in [2.05, 4.69) is 0 Å². The molecule has 0 aromatic heterocycles. The van der Waals surface area contributed by atoms with E-state index in [0.717, 1.165) is 5.56 Å². The van der Waals surface area contributed by atoms with Crippen LogP contribution in [0, 0.1) is 0 Å². The molecule has 2 N–H and O–H groups in total. The van der Waals surface area contributed by atoms with E-state index < -0.39 is 24.4 Å². The maximum absolute atomic E-state index is 13.0. The van der Waals surface area contributed by atoms with Gasteiger partial charge in [-0.15, -0.1) is 12.4 Å². The molecule has 0 bridgehead atoms. The first-order valence-corrected chi connectivity index (χ1v) is 6.67. The van der Waals surface area contributed by atoms with Crippen LogP contribution in [-0.4, -0.2) is 35.8 Å². The van der Waals surface area contributed by atoms with E-state index in [1.807, 2.05) is 0 Å². The first-order chi connectivity index (χ1) is 9.88. The quantitative estimate of drug-likeness (QED) is 0.901. The molecule has 1 saturated heterocycles. The van der Waals surface area contributed by atoms with Gasteiger partial charge in [0, 0.05) is 12.6 Å². The lowest BCUT2D eigenvalue weighted by Gasteiger charge is -2.38. The molecule has 1 aromatic carbocycles. The summed E-state index contributed by atoms with van der Waals surface area (Å²) in [5, 5.41) is 0. The number of nitrogens with zero attached hydrogens (tertiary/aromatic N) is 1. The Hall–Kier alpha value is -1.47. The van der Waals surface area contributed by atoms with E-state index in [-0.39, 0.29) is 38.4 Å². The molecular weight excluding hydrogens is 321 g/mol. The van der Waals surface area contributed by atoms with Gasteiger partial charge in [0.05, 0.1) is 0 Å². The second-order valence-electron chi connectivity index (χ2n) is 5.09. The van der Waals surface area contributed by atoms with Gasteiger partial charge in [0.2, 0.25) is 0 Å². The lowest BCUT2D eigenvalue weighted by molar-refractivity contribution is -0.186. The maximum atomic E-state index is 13.0. The van der Waals surface area contributed by atoms with Crippen molar-refractivity contribution in [2.45, 2.75) is 37.7 Å². The fourth-order valence-electron chi connectivity index (χ4n) is 2.34. The minimum atomic E-state index is -4.47. The zero-order valence-corrected chi connectivity index (χ0v) is 12.6. The van der Waals surface area contributed by atoms with Crippen LogP contribution < -0.4 is 5.73 Å². The molecule has 0 unspecified atom stereocenters. The van der Waals surface area contributed by atoms with Crippen LogP contribution in [0.5, 0.6) is 0 Å². The van der Waals surface area contributed by atoms with Gasteiger partial charge in [-0.1, -0.05) is 30.3 Å². The van der Waals surface area contributed by atoms with Crippen LogP contribution in [0.4, 0.5) is 18.0 Å². The zero-order valence-electron chi connectivity index (χ0n) is 11.8. The van der Waals surface area contributed by atoms with Crippen molar-refractivity contribution in [1.29, 1.82) is 0 Å². The third kappa shape index (κ3) is 4.78. The van der Waals surface area contributed by atoms with Crippen LogP contribution in [0.25, 0.3) is 0 Å². The summed E-state index contributed by atoms with van der Waals surface area (Å²) in [6, 6.07) is 6.52. The predicted molar refractivity (Wildman–Crippen MR) is 77.6 cm³/mol. The van der Waals surface area contributed by atoms with E-state index in [4.69, 9.17) is 10.5 Å². The Kier molecular flexibility index (Phi) is 6.49. The molecule has 0 spiro atoms. The molecule has 8 heteroatoms. The second-order valence-corrected chi connectivity index (χ2v) is 5.09. The summed E-state index contributed by atoms with van der Waals surface area (Å²) >= 11 is 0. The number of carbonyl (C=O) groups is 1. The van der Waals surface area contributed by atoms with Crippen LogP contribution in [0.1, 0.15) is 18.4 Å². The van der Waals surface area contributed by atoms with Gasteiger partial charge in [0.1, 0.15) is 12.6 Å². The van der Waals surface area contributed by atoms with Gasteiger partial charge < -0.3 is 10.5 Å². The molecule has 0 radical (unpaired) electrons. The monoisotopic (exact) mass is 338 g/mol. The van der Waals surface area contributed by atoms with Crippen LogP contribution in [-0.2, 0) is 11.3 Å². The predicted octanol–water partition coefficient (Wildman–Crippen LogP) is 3.10. The summed E-state index contributed by atoms with van der Waals surface area (Å²) in [6.07, 6.45) is -5.39. The van der Waals surface area contributed by atoms with Crippen molar-refractivity contribution in [2.75, 3.05) is 6.54 Å². The van der Waals surface area contributed by atoms with E-state index in [1.54, 1.807) is 30.3 Å². The second kappa shape index (κ2) is 7.69. The SMILES string of the molecule is Cl.N[C@H]1CC[C@@H](C(F)(F)F)N(C(=O)OCc2ccccc2)C1. The maximum Gasteiger partial charge on any atom is 0.410 e. The number of amides is 1. The number of rotatable bonds is 2. The summed E-state index contributed by atoms with van der Waals surface area (Å²) < 4.78 is 43.8. The van der Waals surface area contributed by atoms with Crippen molar-refractivity contribution in [1.82, 2.24) is 4.90 Å². The Morgan fingerprint density at radius 2 is 1.91 bits per heavy atom. The normalized spacial score (nSPS) is 21.9. The Bertz CT molecular complexity index is 485. The van der Waals surface area contributed by atoms with Gasteiger partial charge in [-0.05, 0) is 18.4 Å². The van der Waals surface area contributed by atoms with Gasteiger partial charge in [-0.3, -0.25) is 4.90 Å². The number of alkyl halides is 3. The third-order valence-corrected chi connectivity index (χ3v) is 3.44. The Morgan fingerprint density at radius 3 is 2.50 bits per heavy atom. The fraction of sp³-hybridized carbons (Fsp3) is 0.500. The topological polar surface area (TPSA) is 55.6 Å². The average molecular weight is 339 g/mol. The van der Waals surface area contributed by atoms with E-state index >= 15 is 0 Å². The van der Waals surface area contributed by atoms with E-state index in [0.29, 0.717) is 4.90 Å². The average Bonchev–Trinajstić information content (AvgIpc) is 2.44. The molecule has 4 nitrogen and oxygen atoms in total. The molecule has 1 aromatic rings. The number of halogens is 4. The minimum Gasteiger partial charge on any atom is -0.445 e. The Labute approximate surface area is 132 Å². The summed E-state index contributed by atoms with van der Waals surface area (Å²) in [5.41, 5.74) is 6.38. The number of nitrogens with two attached hydrogens (primary N) is 1. The van der Waals surface area contributed by atoms with Gasteiger partial charge in [-0.2, -0.15) is 13.2 Å². The number of piperidine rings is 1. The summed E-state index contributed by atoms with van der Waals surface area (Å²) in [7, 11) is 0. The molecule has 1 heterocycles. The van der Waals surface area contributed by atoms with Crippen molar-refractivity contribution in [3.63, 3.8) is 0 Å². The van der Waals surface area contributed by atoms with E-state index in [1.165, 1.54) is 0 Å². The van der Waals surface area contributed by atoms with Crippen molar-refractivity contribution in [2.24, 2.45) is 5.73 Å². The summed E-state index contributed by atoms with van der Waals surface area (Å²) in [6.45, 7) is -0.201. The molecule has 1 aliphatic rings. The molecule has 1 amide bonds. The molecular formula is C14H18ClF3N2O2. The highest BCUT2D eigenvalue weighted by molar-refractivity contribution is 5.85. The molecule has 2 rings (SSSR count). The molecule has 0 aliphatic carbocycles. The van der Waals surface area contributed by atoms with Gasteiger partial charge >= 0.3 is 12.3 Å². The summed E-state index contributed by atoms with van der Waals surface area (Å²) in [4.78, 5) is 12.6. The number of hydrogen-bond donors (Lipinski definition) is 1. The minimum absolute atomic E-state index is 0.